The van der Waals surface area contributed by atoms with Crippen LogP contribution < -0.4 is 10.6 Å². The summed E-state index contributed by atoms with van der Waals surface area (Å²) in [5.41, 5.74) is 0. The van der Waals surface area contributed by atoms with E-state index < -0.39 is 0 Å². The fourth-order valence-electron chi connectivity index (χ4n) is 1.36. The molecule has 0 saturated carbocycles. The average Bonchev–Trinajstić information content (AvgIpc) is 2.17. The lowest BCUT2D eigenvalue weighted by atomic mass is 10.1. The molecule has 0 bridgehead atoms. The summed E-state index contributed by atoms with van der Waals surface area (Å²) in [5.74, 6) is -0.180. The van der Waals surface area contributed by atoms with Gasteiger partial charge >= 0.3 is 5.97 Å². The maximum atomic E-state index is 11.1. The molecule has 4 heteroatoms. The SMILES string of the molecule is CC[C@@H]1CNC[C@H](C(=O)OC)N1. The fraction of sp³-hybridized carbons (Fsp3) is 0.875. The number of piperazine rings is 1. The second-order valence-corrected chi connectivity index (χ2v) is 3.01. The van der Waals surface area contributed by atoms with Crippen LogP contribution >= 0.6 is 0 Å². The standard InChI is InChI=1S/C8H16N2O2/c1-3-6-4-9-5-7(10-6)8(11)12-2/h6-7,9-10H,3-5H2,1-2H3/t6-,7-/m1/s1. The molecule has 70 valence electrons. The first-order valence-corrected chi connectivity index (χ1v) is 4.32. The Hall–Kier alpha value is -0.610. The van der Waals surface area contributed by atoms with E-state index >= 15 is 0 Å². The normalized spacial score (nSPS) is 29.8. The minimum Gasteiger partial charge on any atom is -0.468 e. The Morgan fingerprint density at radius 1 is 1.58 bits per heavy atom. The summed E-state index contributed by atoms with van der Waals surface area (Å²) in [7, 11) is 1.42. The zero-order valence-corrected chi connectivity index (χ0v) is 7.59. The largest absolute Gasteiger partial charge is 0.468 e. The molecule has 0 aliphatic carbocycles. The van der Waals surface area contributed by atoms with E-state index in [0.29, 0.717) is 12.6 Å². The van der Waals surface area contributed by atoms with E-state index in [1.54, 1.807) is 0 Å². The smallest absolute Gasteiger partial charge is 0.324 e. The average molecular weight is 172 g/mol. The first-order valence-electron chi connectivity index (χ1n) is 4.32. The van der Waals surface area contributed by atoms with Gasteiger partial charge in [0.15, 0.2) is 0 Å². The topological polar surface area (TPSA) is 50.4 Å². The van der Waals surface area contributed by atoms with Gasteiger partial charge in [-0.15, -0.1) is 0 Å². The Bertz CT molecular complexity index is 161. The summed E-state index contributed by atoms with van der Waals surface area (Å²) in [4.78, 5) is 11.1. The van der Waals surface area contributed by atoms with Gasteiger partial charge in [0.2, 0.25) is 0 Å². The molecular formula is C8H16N2O2. The van der Waals surface area contributed by atoms with Crippen molar-refractivity contribution in [2.45, 2.75) is 25.4 Å². The van der Waals surface area contributed by atoms with Gasteiger partial charge in [0, 0.05) is 19.1 Å². The van der Waals surface area contributed by atoms with Gasteiger partial charge in [-0.25, -0.2) is 0 Å². The Morgan fingerprint density at radius 2 is 2.33 bits per heavy atom. The molecule has 4 nitrogen and oxygen atoms in total. The monoisotopic (exact) mass is 172 g/mol. The first kappa shape index (κ1) is 9.48. The molecule has 0 aromatic heterocycles. The van der Waals surface area contributed by atoms with E-state index in [-0.39, 0.29) is 12.0 Å². The highest BCUT2D eigenvalue weighted by atomic mass is 16.5. The summed E-state index contributed by atoms with van der Waals surface area (Å²) < 4.78 is 4.64. The number of carbonyl (C=O) groups is 1. The van der Waals surface area contributed by atoms with Crippen molar-refractivity contribution in [3.63, 3.8) is 0 Å². The zero-order valence-electron chi connectivity index (χ0n) is 7.59. The first-order chi connectivity index (χ1) is 5.77. The summed E-state index contributed by atoms with van der Waals surface area (Å²) in [6, 6.07) is 0.219. The van der Waals surface area contributed by atoms with Crippen molar-refractivity contribution >= 4 is 5.97 Å². The molecular weight excluding hydrogens is 156 g/mol. The summed E-state index contributed by atoms with van der Waals surface area (Å²) in [5, 5.41) is 6.40. The molecule has 2 atom stereocenters. The van der Waals surface area contributed by atoms with E-state index in [2.05, 4.69) is 22.3 Å². The highest BCUT2D eigenvalue weighted by Gasteiger charge is 2.25. The highest BCUT2D eigenvalue weighted by molar-refractivity contribution is 5.76. The Balaban J connectivity index is 2.40. The molecule has 0 amide bonds. The van der Waals surface area contributed by atoms with Crippen molar-refractivity contribution in [3.05, 3.63) is 0 Å². The van der Waals surface area contributed by atoms with E-state index in [4.69, 9.17) is 0 Å². The van der Waals surface area contributed by atoms with Crippen LogP contribution in [0, 0.1) is 0 Å². The molecule has 1 heterocycles. The predicted octanol–water partition coefficient (Wildman–Crippen LogP) is -0.501. The molecule has 2 N–H and O–H groups in total. The summed E-state index contributed by atoms with van der Waals surface area (Å²) in [6.45, 7) is 3.70. The van der Waals surface area contributed by atoms with Crippen LogP contribution in [0.3, 0.4) is 0 Å². The minimum atomic E-state index is -0.180. The van der Waals surface area contributed by atoms with Gasteiger partial charge in [-0.3, -0.25) is 10.1 Å². The van der Waals surface area contributed by atoms with Crippen molar-refractivity contribution in [3.8, 4) is 0 Å². The number of esters is 1. The highest BCUT2D eigenvalue weighted by Crippen LogP contribution is 1.99. The number of rotatable bonds is 2. The number of ether oxygens (including phenoxy) is 1. The number of hydrogen-bond donors (Lipinski definition) is 2. The van der Waals surface area contributed by atoms with Gasteiger partial charge in [-0.2, -0.15) is 0 Å². The van der Waals surface area contributed by atoms with Crippen LogP contribution in [0.25, 0.3) is 0 Å². The van der Waals surface area contributed by atoms with Crippen molar-refractivity contribution in [2.75, 3.05) is 20.2 Å². The molecule has 0 spiro atoms. The van der Waals surface area contributed by atoms with Crippen LogP contribution in [0.2, 0.25) is 0 Å². The second kappa shape index (κ2) is 4.42. The number of methoxy groups -OCH3 is 1. The van der Waals surface area contributed by atoms with Gasteiger partial charge in [-0.1, -0.05) is 6.92 Å². The Kier molecular flexibility index (Phi) is 3.49. The lowest BCUT2D eigenvalue weighted by Crippen LogP contribution is -2.57. The van der Waals surface area contributed by atoms with E-state index in [1.165, 1.54) is 7.11 Å². The fourth-order valence-corrected chi connectivity index (χ4v) is 1.36. The van der Waals surface area contributed by atoms with Gasteiger partial charge in [0.1, 0.15) is 6.04 Å². The molecule has 1 aliphatic rings. The van der Waals surface area contributed by atoms with Crippen molar-refractivity contribution in [2.24, 2.45) is 0 Å². The van der Waals surface area contributed by atoms with Crippen molar-refractivity contribution in [1.82, 2.24) is 10.6 Å². The molecule has 0 unspecified atom stereocenters. The lowest BCUT2D eigenvalue weighted by molar-refractivity contribution is -0.143. The predicted molar refractivity (Wildman–Crippen MR) is 45.9 cm³/mol. The molecule has 0 aromatic carbocycles. The molecule has 0 radical (unpaired) electrons. The van der Waals surface area contributed by atoms with E-state index in [1.807, 2.05) is 0 Å². The molecule has 1 fully saturated rings. The second-order valence-electron chi connectivity index (χ2n) is 3.01. The molecule has 12 heavy (non-hydrogen) atoms. The van der Waals surface area contributed by atoms with Crippen molar-refractivity contribution < 1.29 is 9.53 Å². The Labute approximate surface area is 72.7 Å². The van der Waals surface area contributed by atoms with Crippen LogP contribution in [-0.4, -0.2) is 38.3 Å². The summed E-state index contributed by atoms with van der Waals surface area (Å²) >= 11 is 0. The number of nitrogens with one attached hydrogen (secondary N) is 2. The van der Waals surface area contributed by atoms with E-state index in [0.717, 1.165) is 13.0 Å². The molecule has 1 aliphatic heterocycles. The van der Waals surface area contributed by atoms with Crippen LogP contribution in [0.5, 0.6) is 0 Å². The van der Waals surface area contributed by atoms with Crippen LogP contribution in [0.15, 0.2) is 0 Å². The van der Waals surface area contributed by atoms with Crippen LogP contribution in [0.4, 0.5) is 0 Å². The van der Waals surface area contributed by atoms with E-state index in [9.17, 15) is 4.79 Å². The Morgan fingerprint density at radius 3 is 2.92 bits per heavy atom. The van der Waals surface area contributed by atoms with Gasteiger partial charge in [0.25, 0.3) is 0 Å². The molecule has 1 saturated heterocycles. The summed E-state index contributed by atoms with van der Waals surface area (Å²) in [6.07, 6.45) is 1.03. The number of hydrogen-bond acceptors (Lipinski definition) is 4. The maximum absolute atomic E-state index is 11.1. The van der Waals surface area contributed by atoms with Gasteiger partial charge in [0.05, 0.1) is 7.11 Å². The third-order valence-electron chi connectivity index (χ3n) is 2.15. The van der Waals surface area contributed by atoms with Gasteiger partial charge in [-0.05, 0) is 6.42 Å². The molecule has 0 aromatic rings. The third-order valence-corrected chi connectivity index (χ3v) is 2.15. The third kappa shape index (κ3) is 2.19. The maximum Gasteiger partial charge on any atom is 0.324 e. The van der Waals surface area contributed by atoms with Crippen LogP contribution in [0.1, 0.15) is 13.3 Å². The van der Waals surface area contributed by atoms with Gasteiger partial charge < -0.3 is 10.1 Å². The van der Waals surface area contributed by atoms with Crippen LogP contribution in [-0.2, 0) is 9.53 Å². The quantitative estimate of drug-likeness (QED) is 0.551. The zero-order chi connectivity index (χ0) is 8.97. The number of carbonyl (C=O) groups excluding carboxylic acids is 1. The molecule has 1 rings (SSSR count). The minimum absolute atomic E-state index is 0.173. The van der Waals surface area contributed by atoms with Crippen molar-refractivity contribution in [1.29, 1.82) is 0 Å². The lowest BCUT2D eigenvalue weighted by Gasteiger charge is -2.29.